The van der Waals surface area contributed by atoms with Crippen molar-refractivity contribution in [3.63, 3.8) is 0 Å². The molecule has 0 spiro atoms. The number of carbonyl (C=O) groups is 1. The molecule has 0 aromatic heterocycles. The standard InChI is InChI=1S/C19H29N3O/c1-16-7-9-20(10-8-16)15-19(23)22-13-11-21(12-14-22)18-6-4-3-5-17(18)2/h3-6,16H,7-15H2,1-2H3. The second-order valence-corrected chi connectivity index (χ2v) is 7.11. The average molecular weight is 315 g/mol. The molecule has 2 aliphatic rings. The third-order valence-corrected chi connectivity index (χ3v) is 5.32. The average Bonchev–Trinajstić information content (AvgIpc) is 2.57. The molecule has 2 aliphatic heterocycles. The van der Waals surface area contributed by atoms with Crippen LogP contribution in [0.2, 0.25) is 0 Å². The summed E-state index contributed by atoms with van der Waals surface area (Å²) >= 11 is 0. The van der Waals surface area contributed by atoms with Crippen molar-refractivity contribution in [3.8, 4) is 0 Å². The summed E-state index contributed by atoms with van der Waals surface area (Å²) in [6, 6.07) is 8.52. The Morgan fingerprint density at radius 3 is 2.35 bits per heavy atom. The number of hydrogen-bond donors (Lipinski definition) is 0. The van der Waals surface area contributed by atoms with Gasteiger partial charge in [-0.05, 0) is 50.4 Å². The third-order valence-electron chi connectivity index (χ3n) is 5.32. The number of amides is 1. The maximum absolute atomic E-state index is 12.5. The van der Waals surface area contributed by atoms with Crippen LogP contribution in [-0.2, 0) is 4.79 Å². The summed E-state index contributed by atoms with van der Waals surface area (Å²) in [5.41, 5.74) is 2.62. The van der Waals surface area contributed by atoms with Crippen molar-refractivity contribution in [1.82, 2.24) is 9.80 Å². The summed E-state index contributed by atoms with van der Waals surface area (Å²) in [6.45, 7) is 10.8. The van der Waals surface area contributed by atoms with Crippen LogP contribution in [0, 0.1) is 12.8 Å². The Hall–Kier alpha value is -1.55. The summed E-state index contributed by atoms with van der Waals surface area (Å²) in [6.07, 6.45) is 2.46. The lowest BCUT2D eigenvalue weighted by molar-refractivity contribution is -0.133. The van der Waals surface area contributed by atoms with Crippen molar-refractivity contribution in [3.05, 3.63) is 29.8 Å². The van der Waals surface area contributed by atoms with E-state index in [0.29, 0.717) is 12.5 Å². The quantitative estimate of drug-likeness (QED) is 0.857. The summed E-state index contributed by atoms with van der Waals surface area (Å²) in [5, 5.41) is 0. The number of benzene rings is 1. The molecule has 0 saturated carbocycles. The van der Waals surface area contributed by atoms with Gasteiger partial charge in [-0.2, -0.15) is 0 Å². The fraction of sp³-hybridized carbons (Fsp3) is 0.632. The van der Waals surface area contributed by atoms with E-state index in [1.165, 1.54) is 24.1 Å². The van der Waals surface area contributed by atoms with Gasteiger partial charge in [0.05, 0.1) is 6.54 Å². The van der Waals surface area contributed by atoms with E-state index >= 15 is 0 Å². The largest absolute Gasteiger partial charge is 0.368 e. The van der Waals surface area contributed by atoms with Gasteiger partial charge in [0.15, 0.2) is 0 Å². The lowest BCUT2D eigenvalue weighted by Gasteiger charge is -2.38. The van der Waals surface area contributed by atoms with E-state index in [-0.39, 0.29) is 0 Å². The van der Waals surface area contributed by atoms with Crippen molar-refractivity contribution >= 4 is 11.6 Å². The SMILES string of the molecule is Cc1ccccc1N1CCN(C(=O)CN2CCC(C)CC2)CC1. The highest BCUT2D eigenvalue weighted by Gasteiger charge is 2.24. The molecular weight excluding hydrogens is 286 g/mol. The number of nitrogens with zero attached hydrogens (tertiary/aromatic N) is 3. The van der Waals surface area contributed by atoms with Crippen LogP contribution in [0.15, 0.2) is 24.3 Å². The molecule has 0 bridgehead atoms. The van der Waals surface area contributed by atoms with Crippen LogP contribution >= 0.6 is 0 Å². The van der Waals surface area contributed by atoms with E-state index in [2.05, 4.69) is 47.9 Å². The maximum Gasteiger partial charge on any atom is 0.236 e. The maximum atomic E-state index is 12.5. The first-order chi connectivity index (χ1) is 11.1. The van der Waals surface area contributed by atoms with Crippen LogP contribution in [0.3, 0.4) is 0 Å². The zero-order chi connectivity index (χ0) is 16.2. The first-order valence-corrected chi connectivity index (χ1v) is 8.94. The normalized spacial score (nSPS) is 20.8. The Morgan fingerprint density at radius 1 is 1.04 bits per heavy atom. The summed E-state index contributed by atoms with van der Waals surface area (Å²) in [5.74, 6) is 1.13. The van der Waals surface area contributed by atoms with E-state index < -0.39 is 0 Å². The zero-order valence-electron chi connectivity index (χ0n) is 14.5. The predicted octanol–water partition coefficient (Wildman–Crippen LogP) is 2.38. The lowest BCUT2D eigenvalue weighted by Crippen LogP contribution is -2.52. The van der Waals surface area contributed by atoms with Gasteiger partial charge < -0.3 is 9.80 Å². The number of anilines is 1. The van der Waals surface area contributed by atoms with Crippen LogP contribution in [0.4, 0.5) is 5.69 Å². The van der Waals surface area contributed by atoms with Gasteiger partial charge in [0, 0.05) is 31.9 Å². The first-order valence-electron chi connectivity index (χ1n) is 8.94. The third kappa shape index (κ3) is 4.05. The Kier molecular flexibility index (Phi) is 5.21. The summed E-state index contributed by atoms with van der Waals surface area (Å²) < 4.78 is 0. The zero-order valence-corrected chi connectivity index (χ0v) is 14.5. The molecule has 3 rings (SSSR count). The van der Waals surface area contributed by atoms with Crippen molar-refractivity contribution < 1.29 is 4.79 Å². The molecule has 2 heterocycles. The molecule has 2 saturated heterocycles. The summed E-state index contributed by atoms with van der Waals surface area (Å²) in [7, 11) is 0. The Balaban J connectivity index is 1.49. The van der Waals surface area contributed by atoms with Gasteiger partial charge in [0.1, 0.15) is 0 Å². The number of para-hydroxylation sites is 1. The number of piperazine rings is 1. The number of piperidine rings is 1. The molecule has 23 heavy (non-hydrogen) atoms. The van der Waals surface area contributed by atoms with Gasteiger partial charge in [-0.15, -0.1) is 0 Å². The van der Waals surface area contributed by atoms with Gasteiger partial charge in [-0.1, -0.05) is 25.1 Å². The summed E-state index contributed by atoms with van der Waals surface area (Å²) in [4.78, 5) is 19.3. The monoisotopic (exact) mass is 315 g/mol. The molecule has 0 radical (unpaired) electrons. The van der Waals surface area contributed by atoms with Crippen molar-refractivity contribution in [2.45, 2.75) is 26.7 Å². The Morgan fingerprint density at radius 2 is 1.70 bits per heavy atom. The van der Waals surface area contributed by atoms with Crippen LogP contribution in [0.25, 0.3) is 0 Å². The van der Waals surface area contributed by atoms with E-state index in [1.807, 2.05) is 4.90 Å². The predicted molar refractivity (Wildman–Crippen MR) is 94.8 cm³/mol. The molecule has 4 heteroatoms. The first kappa shape index (κ1) is 16.3. The van der Waals surface area contributed by atoms with E-state index in [1.54, 1.807) is 0 Å². The highest BCUT2D eigenvalue weighted by Crippen LogP contribution is 2.21. The number of carbonyl (C=O) groups excluding carboxylic acids is 1. The second-order valence-electron chi connectivity index (χ2n) is 7.11. The number of hydrogen-bond acceptors (Lipinski definition) is 3. The number of likely N-dealkylation sites (tertiary alicyclic amines) is 1. The Labute approximate surface area is 140 Å². The molecule has 0 unspecified atom stereocenters. The molecule has 4 nitrogen and oxygen atoms in total. The lowest BCUT2D eigenvalue weighted by atomic mass is 9.99. The molecule has 0 N–H and O–H groups in total. The number of aryl methyl sites for hydroxylation is 1. The topological polar surface area (TPSA) is 26.8 Å². The van der Waals surface area contributed by atoms with E-state index in [4.69, 9.17) is 0 Å². The highest BCUT2D eigenvalue weighted by atomic mass is 16.2. The minimum Gasteiger partial charge on any atom is -0.368 e. The van der Waals surface area contributed by atoms with E-state index in [9.17, 15) is 4.79 Å². The van der Waals surface area contributed by atoms with Gasteiger partial charge in [0.2, 0.25) is 5.91 Å². The van der Waals surface area contributed by atoms with Crippen LogP contribution in [0.5, 0.6) is 0 Å². The molecule has 0 atom stereocenters. The van der Waals surface area contributed by atoms with Gasteiger partial charge in [0.25, 0.3) is 0 Å². The van der Waals surface area contributed by atoms with Crippen molar-refractivity contribution in [1.29, 1.82) is 0 Å². The van der Waals surface area contributed by atoms with Crippen LogP contribution in [-0.4, -0.2) is 61.5 Å². The molecule has 1 amide bonds. The van der Waals surface area contributed by atoms with Crippen molar-refractivity contribution in [2.24, 2.45) is 5.92 Å². The minimum atomic E-state index is 0.309. The second kappa shape index (κ2) is 7.35. The Bertz CT molecular complexity index is 529. The molecule has 1 aromatic rings. The molecule has 126 valence electrons. The highest BCUT2D eigenvalue weighted by molar-refractivity contribution is 5.78. The number of rotatable bonds is 3. The minimum absolute atomic E-state index is 0.309. The fourth-order valence-electron chi connectivity index (χ4n) is 3.63. The van der Waals surface area contributed by atoms with Crippen LogP contribution < -0.4 is 4.90 Å². The fourth-order valence-corrected chi connectivity index (χ4v) is 3.63. The van der Waals surface area contributed by atoms with E-state index in [0.717, 1.165) is 45.2 Å². The molecule has 2 fully saturated rings. The van der Waals surface area contributed by atoms with Gasteiger partial charge >= 0.3 is 0 Å². The van der Waals surface area contributed by atoms with Crippen LogP contribution in [0.1, 0.15) is 25.3 Å². The smallest absolute Gasteiger partial charge is 0.236 e. The van der Waals surface area contributed by atoms with Gasteiger partial charge in [-0.25, -0.2) is 0 Å². The molecular formula is C19H29N3O. The van der Waals surface area contributed by atoms with Gasteiger partial charge in [-0.3, -0.25) is 9.69 Å². The molecule has 0 aliphatic carbocycles. The van der Waals surface area contributed by atoms with Crippen molar-refractivity contribution in [2.75, 3.05) is 50.7 Å². The molecule has 1 aromatic carbocycles.